The van der Waals surface area contributed by atoms with Crippen LogP contribution in [0.4, 0.5) is 10.1 Å². The number of ether oxygens (including phenoxy) is 1. The molecule has 0 aliphatic carbocycles. The molecule has 0 aliphatic rings. The topological polar surface area (TPSA) is 74.4 Å². The molecule has 20 heavy (non-hydrogen) atoms. The van der Waals surface area contributed by atoms with E-state index in [9.17, 15) is 19.3 Å². The van der Waals surface area contributed by atoms with Crippen LogP contribution in [-0.2, 0) is 7.05 Å². The van der Waals surface area contributed by atoms with E-state index >= 15 is 0 Å². The van der Waals surface area contributed by atoms with Crippen molar-refractivity contribution in [2.24, 2.45) is 7.05 Å². The molecule has 0 fully saturated rings. The van der Waals surface area contributed by atoms with Crippen molar-refractivity contribution in [1.82, 2.24) is 4.57 Å². The Morgan fingerprint density at radius 1 is 1.45 bits per heavy atom. The highest BCUT2D eigenvalue weighted by Crippen LogP contribution is 2.27. The lowest BCUT2D eigenvalue weighted by Crippen LogP contribution is -2.15. The molecule has 0 unspecified atom stereocenters. The number of Topliss-reactive ketones (excluding diaryl/α,β-unsaturated/α-hetero) is 1. The average molecular weight is 278 g/mol. The largest absolute Gasteiger partial charge is 0.478 e. The van der Waals surface area contributed by atoms with E-state index in [0.717, 1.165) is 18.2 Å². The third-order valence-electron chi connectivity index (χ3n) is 2.71. The minimum Gasteiger partial charge on any atom is -0.478 e. The van der Waals surface area contributed by atoms with Gasteiger partial charge in [-0.2, -0.15) is 0 Å². The maximum atomic E-state index is 13.0. The first-order valence-corrected chi connectivity index (χ1v) is 5.70. The van der Waals surface area contributed by atoms with Crippen molar-refractivity contribution in [3.63, 3.8) is 0 Å². The Kier molecular flexibility index (Phi) is 3.79. The number of aromatic nitrogens is 1. The van der Waals surface area contributed by atoms with Crippen LogP contribution in [0.25, 0.3) is 0 Å². The smallest absolute Gasteiger partial charge is 0.313 e. The van der Waals surface area contributed by atoms with Gasteiger partial charge in [0.25, 0.3) is 0 Å². The van der Waals surface area contributed by atoms with Crippen LogP contribution < -0.4 is 4.74 Å². The molecule has 0 atom stereocenters. The van der Waals surface area contributed by atoms with Gasteiger partial charge in [-0.05, 0) is 24.3 Å². The summed E-state index contributed by atoms with van der Waals surface area (Å²) < 4.78 is 19.7. The van der Waals surface area contributed by atoms with E-state index in [4.69, 9.17) is 4.74 Å². The molecule has 0 spiro atoms. The van der Waals surface area contributed by atoms with Gasteiger partial charge in [0.1, 0.15) is 5.82 Å². The molecule has 2 aromatic rings. The zero-order chi connectivity index (χ0) is 14.7. The SMILES string of the molecule is Cn1cccc1C(=O)COc1ccc(F)cc1[N+](=O)[O-]. The number of carbonyl (C=O) groups is 1. The summed E-state index contributed by atoms with van der Waals surface area (Å²) in [5.74, 6) is -1.20. The van der Waals surface area contributed by atoms with Gasteiger partial charge >= 0.3 is 5.69 Å². The van der Waals surface area contributed by atoms with E-state index in [1.807, 2.05) is 0 Å². The highest BCUT2D eigenvalue weighted by Gasteiger charge is 2.18. The first-order chi connectivity index (χ1) is 9.49. The molecule has 0 saturated heterocycles. The fourth-order valence-corrected chi connectivity index (χ4v) is 1.72. The zero-order valence-corrected chi connectivity index (χ0v) is 10.6. The van der Waals surface area contributed by atoms with Gasteiger partial charge in [0.2, 0.25) is 5.78 Å². The van der Waals surface area contributed by atoms with E-state index in [1.54, 1.807) is 29.9 Å². The Balaban J connectivity index is 2.14. The summed E-state index contributed by atoms with van der Waals surface area (Å²) in [4.78, 5) is 21.9. The molecule has 0 radical (unpaired) electrons. The Hall–Kier alpha value is -2.70. The van der Waals surface area contributed by atoms with Crippen LogP contribution in [0.3, 0.4) is 0 Å². The van der Waals surface area contributed by atoms with Crippen molar-refractivity contribution < 1.29 is 18.8 Å². The number of nitrogens with zero attached hydrogens (tertiary/aromatic N) is 2. The highest BCUT2D eigenvalue weighted by molar-refractivity contribution is 5.95. The van der Waals surface area contributed by atoms with E-state index in [1.165, 1.54) is 0 Å². The van der Waals surface area contributed by atoms with Crippen molar-refractivity contribution in [2.45, 2.75) is 0 Å². The molecule has 2 rings (SSSR count). The van der Waals surface area contributed by atoms with E-state index < -0.39 is 16.4 Å². The predicted molar refractivity (Wildman–Crippen MR) is 68.3 cm³/mol. The lowest BCUT2D eigenvalue weighted by atomic mass is 10.2. The van der Waals surface area contributed by atoms with Gasteiger partial charge in [0.05, 0.1) is 16.7 Å². The summed E-state index contributed by atoms with van der Waals surface area (Å²) in [6, 6.07) is 6.24. The molecule has 7 heteroatoms. The van der Waals surface area contributed by atoms with Crippen LogP contribution in [0.15, 0.2) is 36.5 Å². The summed E-state index contributed by atoms with van der Waals surface area (Å²) in [5, 5.41) is 10.8. The first kappa shape index (κ1) is 13.7. The predicted octanol–water partition coefficient (Wildman–Crippen LogP) is 2.33. The molecule has 1 aromatic heterocycles. The maximum absolute atomic E-state index is 13.0. The number of halogens is 1. The highest BCUT2D eigenvalue weighted by atomic mass is 19.1. The Morgan fingerprint density at radius 3 is 2.80 bits per heavy atom. The monoisotopic (exact) mass is 278 g/mol. The standard InChI is InChI=1S/C13H11FN2O4/c1-15-6-2-3-10(15)12(17)8-20-13-5-4-9(14)7-11(13)16(18)19/h2-7H,8H2,1H3. The number of hydrogen-bond donors (Lipinski definition) is 0. The number of carbonyl (C=O) groups excluding carboxylic acids is 1. The molecule has 0 N–H and O–H groups in total. The van der Waals surface area contributed by atoms with Crippen molar-refractivity contribution in [2.75, 3.05) is 6.61 Å². The van der Waals surface area contributed by atoms with Gasteiger partial charge in [-0.15, -0.1) is 0 Å². The van der Waals surface area contributed by atoms with Crippen molar-refractivity contribution in [3.8, 4) is 5.75 Å². The number of rotatable bonds is 5. The van der Waals surface area contributed by atoms with Gasteiger partial charge in [0, 0.05) is 13.2 Å². The zero-order valence-electron chi connectivity index (χ0n) is 10.6. The van der Waals surface area contributed by atoms with Crippen molar-refractivity contribution in [1.29, 1.82) is 0 Å². The van der Waals surface area contributed by atoms with Crippen molar-refractivity contribution in [3.05, 3.63) is 58.2 Å². The molecule has 6 nitrogen and oxygen atoms in total. The van der Waals surface area contributed by atoms with Gasteiger partial charge in [0.15, 0.2) is 12.4 Å². The normalized spacial score (nSPS) is 10.3. The molecule has 0 amide bonds. The van der Waals surface area contributed by atoms with Crippen molar-refractivity contribution >= 4 is 11.5 Å². The number of nitro groups is 1. The number of ketones is 1. The van der Waals surface area contributed by atoms with Gasteiger partial charge in [-0.25, -0.2) is 4.39 Å². The third kappa shape index (κ3) is 2.82. The minimum absolute atomic E-state index is 0.140. The van der Waals surface area contributed by atoms with Crippen LogP contribution in [0, 0.1) is 15.9 Å². The maximum Gasteiger partial charge on any atom is 0.313 e. The summed E-state index contributed by atoms with van der Waals surface area (Å²) >= 11 is 0. The molecule has 0 aliphatic heterocycles. The second kappa shape index (κ2) is 5.52. The summed E-state index contributed by atoms with van der Waals surface area (Å²) in [6.07, 6.45) is 1.70. The lowest BCUT2D eigenvalue weighted by molar-refractivity contribution is -0.386. The number of nitro benzene ring substituents is 1. The van der Waals surface area contributed by atoms with Crippen LogP contribution in [0.5, 0.6) is 5.75 Å². The quantitative estimate of drug-likeness (QED) is 0.478. The third-order valence-corrected chi connectivity index (χ3v) is 2.71. The Morgan fingerprint density at radius 2 is 2.20 bits per heavy atom. The molecular weight excluding hydrogens is 267 g/mol. The first-order valence-electron chi connectivity index (χ1n) is 5.70. The second-order valence-corrected chi connectivity index (χ2v) is 4.09. The fourth-order valence-electron chi connectivity index (χ4n) is 1.72. The van der Waals surface area contributed by atoms with Gasteiger partial charge < -0.3 is 9.30 Å². The van der Waals surface area contributed by atoms with Crippen LogP contribution in [0.2, 0.25) is 0 Å². The molecule has 104 valence electrons. The van der Waals surface area contributed by atoms with Gasteiger partial charge in [-0.1, -0.05) is 0 Å². The van der Waals surface area contributed by atoms with E-state index in [2.05, 4.69) is 0 Å². The summed E-state index contributed by atoms with van der Waals surface area (Å²) in [7, 11) is 1.70. The lowest BCUT2D eigenvalue weighted by Gasteiger charge is -2.06. The number of benzene rings is 1. The Labute approximate surface area is 113 Å². The summed E-state index contributed by atoms with van der Waals surface area (Å²) in [5.41, 5.74) is -0.0838. The number of aryl methyl sites for hydroxylation is 1. The molecular formula is C13H11FN2O4. The molecule has 0 saturated carbocycles. The summed E-state index contributed by atoms with van der Waals surface area (Å²) in [6.45, 7) is -0.357. The Bertz CT molecular complexity index is 666. The van der Waals surface area contributed by atoms with E-state index in [-0.39, 0.29) is 18.1 Å². The van der Waals surface area contributed by atoms with E-state index in [0.29, 0.717) is 5.69 Å². The fraction of sp³-hybridized carbons (Fsp3) is 0.154. The van der Waals surface area contributed by atoms with Gasteiger partial charge in [-0.3, -0.25) is 14.9 Å². The molecule has 1 aromatic carbocycles. The van der Waals surface area contributed by atoms with Crippen LogP contribution >= 0.6 is 0 Å². The second-order valence-electron chi connectivity index (χ2n) is 4.09. The number of hydrogen-bond acceptors (Lipinski definition) is 4. The van der Waals surface area contributed by atoms with Crippen LogP contribution in [-0.4, -0.2) is 21.9 Å². The minimum atomic E-state index is -0.759. The molecule has 1 heterocycles. The molecule has 0 bridgehead atoms. The average Bonchev–Trinajstić information content (AvgIpc) is 2.83. The van der Waals surface area contributed by atoms with Crippen LogP contribution in [0.1, 0.15) is 10.5 Å².